The fourth-order valence-corrected chi connectivity index (χ4v) is 2.49. The second kappa shape index (κ2) is 5.39. The van der Waals surface area contributed by atoms with Gasteiger partial charge in [-0.15, -0.1) is 0 Å². The summed E-state index contributed by atoms with van der Waals surface area (Å²) in [5.41, 5.74) is 1.22. The van der Waals surface area contributed by atoms with Crippen molar-refractivity contribution in [3.05, 3.63) is 57.4 Å². The van der Waals surface area contributed by atoms with Crippen LogP contribution in [0.1, 0.15) is 16.2 Å². The zero-order valence-corrected chi connectivity index (χ0v) is 12.2. The Hall–Kier alpha value is -0.250. The van der Waals surface area contributed by atoms with Gasteiger partial charge < -0.3 is 4.42 Å². The van der Waals surface area contributed by atoms with E-state index in [-0.39, 0.29) is 4.83 Å². The quantitative estimate of drug-likeness (QED) is 0.667. The molecular formula is C12H9Br2ClO. The first-order chi connectivity index (χ1) is 7.65. The normalized spacial score (nSPS) is 12.7. The van der Waals surface area contributed by atoms with Crippen molar-refractivity contribution in [1.29, 1.82) is 0 Å². The molecule has 0 radical (unpaired) electrons. The summed E-state index contributed by atoms with van der Waals surface area (Å²) >= 11 is 12.7. The predicted molar refractivity (Wildman–Crippen MR) is 73.2 cm³/mol. The number of benzene rings is 1. The van der Waals surface area contributed by atoms with Crippen LogP contribution in [0.15, 0.2) is 45.5 Å². The van der Waals surface area contributed by atoms with E-state index in [1.807, 2.05) is 36.4 Å². The Kier molecular flexibility index (Phi) is 4.11. The fraction of sp³-hybridized carbons (Fsp3) is 0.167. The molecule has 2 aromatic rings. The monoisotopic (exact) mass is 362 g/mol. The van der Waals surface area contributed by atoms with Gasteiger partial charge in [-0.1, -0.05) is 39.7 Å². The van der Waals surface area contributed by atoms with Gasteiger partial charge in [0.05, 0.1) is 4.83 Å². The van der Waals surface area contributed by atoms with Crippen molar-refractivity contribution in [3.63, 3.8) is 0 Å². The molecule has 1 heterocycles. The molecule has 1 nitrogen and oxygen atoms in total. The Labute approximate surface area is 116 Å². The molecule has 0 saturated carbocycles. The summed E-state index contributed by atoms with van der Waals surface area (Å²) in [6.45, 7) is 0. The lowest BCUT2D eigenvalue weighted by atomic mass is 10.1. The van der Waals surface area contributed by atoms with Crippen molar-refractivity contribution < 1.29 is 4.42 Å². The minimum absolute atomic E-state index is 0.181. The third-order valence-electron chi connectivity index (χ3n) is 2.23. The van der Waals surface area contributed by atoms with Crippen molar-refractivity contribution in [3.8, 4) is 0 Å². The Morgan fingerprint density at radius 2 is 1.81 bits per heavy atom. The summed E-state index contributed by atoms with van der Waals surface area (Å²) in [6.07, 6.45) is 0.872. The van der Waals surface area contributed by atoms with E-state index in [1.54, 1.807) is 0 Å². The summed E-state index contributed by atoms with van der Waals surface area (Å²) in [6, 6.07) is 11.7. The Bertz CT molecular complexity index is 464. The van der Waals surface area contributed by atoms with Crippen LogP contribution in [-0.4, -0.2) is 0 Å². The molecule has 0 saturated heterocycles. The average Bonchev–Trinajstić information content (AvgIpc) is 2.68. The molecule has 0 aliphatic rings. The minimum atomic E-state index is 0.181. The number of halogens is 3. The number of furan rings is 1. The summed E-state index contributed by atoms with van der Waals surface area (Å²) in [5.74, 6) is 0.918. The number of hydrogen-bond acceptors (Lipinski definition) is 1. The fourth-order valence-electron chi connectivity index (χ4n) is 1.42. The predicted octanol–water partition coefficient (Wildman–Crippen LogP) is 5.37. The molecule has 0 fully saturated rings. The highest BCUT2D eigenvalue weighted by Gasteiger charge is 2.12. The second-order valence-corrected chi connectivity index (χ2v) is 5.76. The maximum Gasteiger partial charge on any atom is 0.169 e. The van der Waals surface area contributed by atoms with Gasteiger partial charge in [0.1, 0.15) is 5.76 Å². The van der Waals surface area contributed by atoms with Crippen LogP contribution < -0.4 is 0 Å². The molecule has 1 aromatic heterocycles. The van der Waals surface area contributed by atoms with E-state index in [2.05, 4.69) is 31.9 Å². The molecule has 84 valence electrons. The molecule has 2 rings (SSSR count). The summed E-state index contributed by atoms with van der Waals surface area (Å²) in [7, 11) is 0. The van der Waals surface area contributed by atoms with Gasteiger partial charge >= 0.3 is 0 Å². The largest absolute Gasteiger partial charge is 0.453 e. The van der Waals surface area contributed by atoms with Crippen molar-refractivity contribution in [2.75, 3.05) is 0 Å². The minimum Gasteiger partial charge on any atom is -0.453 e. The van der Waals surface area contributed by atoms with Gasteiger partial charge in [0, 0.05) is 5.02 Å². The second-order valence-electron chi connectivity index (χ2n) is 3.44. The van der Waals surface area contributed by atoms with Crippen LogP contribution in [0.2, 0.25) is 5.02 Å². The maximum absolute atomic E-state index is 5.83. The van der Waals surface area contributed by atoms with E-state index in [0.717, 1.165) is 21.9 Å². The van der Waals surface area contributed by atoms with Gasteiger partial charge in [-0.05, 0) is 52.2 Å². The van der Waals surface area contributed by atoms with Crippen molar-refractivity contribution >= 4 is 43.5 Å². The first-order valence-electron chi connectivity index (χ1n) is 4.79. The first-order valence-corrected chi connectivity index (χ1v) is 6.87. The summed E-state index contributed by atoms with van der Waals surface area (Å²) in [5, 5.41) is 0.760. The van der Waals surface area contributed by atoms with E-state index in [0.29, 0.717) is 0 Å². The van der Waals surface area contributed by atoms with Crippen LogP contribution in [0, 0.1) is 0 Å². The van der Waals surface area contributed by atoms with E-state index in [1.165, 1.54) is 5.56 Å². The molecule has 1 aromatic carbocycles. The third kappa shape index (κ3) is 3.12. The topological polar surface area (TPSA) is 13.1 Å². The Morgan fingerprint density at radius 3 is 2.38 bits per heavy atom. The first kappa shape index (κ1) is 12.2. The van der Waals surface area contributed by atoms with Gasteiger partial charge in [-0.2, -0.15) is 0 Å². The molecule has 16 heavy (non-hydrogen) atoms. The lowest BCUT2D eigenvalue weighted by Gasteiger charge is -2.06. The molecule has 0 spiro atoms. The van der Waals surface area contributed by atoms with E-state index in [4.69, 9.17) is 16.0 Å². The van der Waals surface area contributed by atoms with Crippen LogP contribution in [0.3, 0.4) is 0 Å². The average molecular weight is 364 g/mol. The molecule has 0 N–H and O–H groups in total. The summed E-state index contributed by atoms with van der Waals surface area (Å²) in [4.78, 5) is 0.181. The standard InChI is InChI=1S/C12H9Br2ClO/c13-10(11-5-6-12(14)16-11)7-8-1-3-9(15)4-2-8/h1-6,10H,7H2. The molecular weight excluding hydrogens is 355 g/mol. The zero-order valence-electron chi connectivity index (χ0n) is 8.29. The van der Waals surface area contributed by atoms with Gasteiger partial charge in [0.2, 0.25) is 0 Å². The third-order valence-corrected chi connectivity index (χ3v) is 3.68. The van der Waals surface area contributed by atoms with Gasteiger partial charge in [-0.25, -0.2) is 0 Å². The van der Waals surface area contributed by atoms with E-state index < -0.39 is 0 Å². The van der Waals surface area contributed by atoms with E-state index in [9.17, 15) is 0 Å². The highest BCUT2D eigenvalue weighted by Crippen LogP contribution is 2.30. The molecule has 4 heteroatoms. The van der Waals surface area contributed by atoms with Crippen molar-refractivity contribution in [2.45, 2.75) is 11.2 Å². The zero-order chi connectivity index (χ0) is 11.5. The molecule has 1 unspecified atom stereocenters. The van der Waals surface area contributed by atoms with E-state index >= 15 is 0 Å². The van der Waals surface area contributed by atoms with Crippen LogP contribution >= 0.6 is 43.5 Å². The van der Waals surface area contributed by atoms with Gasteiger partial charge in [-0.3, -0.25) is 0 Å². The lowest BCUT2D eigenvalue weighted by Crippen LogP contribution is -1.93. The summed E-state index contributed by atoms with van der Waals surface area (Å²) < 4.78 is 6.24. The highest BCUT2D eigenvalue weighted by molar-refractivity contribution is 9.10. The number of rotatable bonds is 3. The van der Waals surface area contributed by atoms with Crippen molar-refractivity contribution in [2.24, 2.45) is 0 Å². The number of alkyl halides is 1. The van der Waals surface area contributed by atoms with Crippen molar-refractivity contribution in [1.82, 2.24) is 0 Å². The van der Waals surface area contributed by atoms with Gasteiger partial charge in [0.25, 0.3) is 0 Å². The molecule has 0 aliphatic heterocycles. The van der Waals surface area contributed by atoms with Crippen LogP contribution in [-0.2, 0) is 6.42 Å². The highest BCUT2D eigenvalue weighted by atomic mass is 79.9. The molecule has 1 atom stereocenters. The molecule has 0 amide bonds. The Morgan fingerprint density at radius 1 is 1.12 bits per heavy atom. The molecule has 0 bridgehead atoms. The number of hydrogen-bond donors (Lipinski definition) is 0. The smallest absolute Gasteiger partial charge is 0.169 e. The van der Waals surface area contributed by atoms with Gasteiger partial charge in [0.15, 0.2) is 4.67 Å². The van der Waals surface area contributed by atoms with Crippen LogP contribution in [0.25, 0.3) is 0 Å². The lowest BCUT2D eigenvalue weighted by molar-refractivity contribution is 0.486. The molecule has 0 aliphatic carbocycles. The SMILES string of the molecule is Clc1ccc(CC(Br)c2ccc(Br)o2)cc1. The Balaban J connectivity index is 2.07. The van der Waals surface area contributed by atoms with Crippen LogP contribution in [0.4, 0.5) is 0 Å². The van der Waals surface area contributed by atoms with Crippen LogP contribution in [0.5, 0.6) is 0 Å². The maximum atomic E-state index is 5.83.